The first kappa shape index (κ1) is 21.0. The van der Waals surface area contributed by atoms with E-state index in [1.807, 2.05) is 6.92 Å². The number of aliphatic hydroxyl groups is 1. The van der Waals surface area contributed by atoms with E-state index in [0.717, 1.165) is 0 Å². The van der Waals surface area contributed by atoms with Crippen LogP contribution in [0.25, 0.3) is 10.9 Å². The van der Waals surface area contributed by atoms with E-state index in [9.17, 15) is 24.2 Å². The van der Waals surface area contributed by atoms with Crippen LogP contribution in [0.3, 0.4) is 0 Å². The molecule has 29 heavy (non-hydrogen) atoms. The zero-order valence-electron chi connectivity index (χ0n) is 15.9. The first-order chi connectivity index (χ1) is 13.9. The summed E-state index contributed by atoms with van der Waals surface area (Å²) in [6.45, 7) is 1.88. The maximum Gasteiger partial charge on any atom is 0.341 e. The molecule has 1 atom stereocenters. The van der Waals surface area contributed by atoms with Gasteiger partial charge in [-0.1, -0.05) is 36.7 Å². The van der Waals surface area contributed by atoms with E-state index >= 15 is 0 Å². The molecule has 0 spiro atoms. The Morgan fingerprint density at radius 3 is 2.69 bits per heavy atom. The number of aromatic nitrogens is 1. The van der Waals surface area contributed by atoms with E-state index in [1.54, 1.807) is 34.9 Å². The number of halogens is 2. The highest BCUT2D eigenvalue weighted by atomic mass is 35.5. The minimum atomic E-state index is -1.31. The van der Waals surface area contributed by atoms with Gasteiger partial charge in [-0.3, -0.25) is 4.79 Å². The van der Waals surface area contributed by atoms with Crippen LogP contribution in [0.15, 0.2) is 47.4 Å². The summed E-state index contributed by atoms with van der Waals surface area (Å²) in [7, 11) is 0. The summed E-state index contributed by atoms with van der Waals surface area (Å²) in [5.41, 5.74) is 0.713. The summed E-state index contributed by atoms with van der Waals surface area (Å²) < 4.78 is 16.0. The first-order valence-electron chi connectivity index (χ1n) is 9.32. The average Bonchev–Trinajstić information content (AvgIpc) is 2.70. The summed E-state index contributed by atoms with van der Waals surface area (Å²) in [4.78, 5) is 24.4. The van der Waals surface area contributed by atoms with Gasteiger partial charge >= 0.3 is 5.97 Å². The number of carboxylic acids is 1. The molecule has 5 nitrogen and oxygen atoms in total. The quantitative estimate of drug-likeness (QED) is 0.596. The molecular formula is C22H21ClFNO4. The molecular weight excluding hydrogens is 397 g/mol. The molecule has 2 N–H and O–H groups in total. The predicted molar refractivity (Wildman–Crippen MR) is 110 cm³/mol. The summed E-state index contributed by atoms with van der Waals surface area (Å²) in [6.07, 6.45) is 2.65. The molecule has 3 aromatic rings. The van der Waals surface area contributed by atoms with Gasteiger partial charge in [-0.25, -0.2) is 9.18 Å². The van der Waals surface area contributed by atoms with Crippen molar-refractivity contribution >= 4 is 28.5 Å². The van der Waals surface area contributed by atoms with Crippen molar-refractivity contribution in [1.29, 1.82) is 0 Å². The van der Waals surface area contributed by atoms with Gasteiger partial charge in [-0.15, -0.1) is 0 Å². The number of rotatable bonds is 7. The fourth-order valence-corrected chi connectivity index (χ4v) is 3.75. The van der Waals surface area contributed by atoms with E-state index in [4.69, 9.17) is 11.6 Å². The SMILES string of the molecule is CCC(CCO)n1cc(C(=O)O)c(=O)c2cc(Cc3cccc(Cl)c3F)ccc21. The number of nitrogens with zero attached hydrogens (tertiary/aromatic N) is 1. The third-order valence-electron chi connectivity index (χ3n) is 5.08. The van der Waals surface area contributed by atoms with Crippen molar-refractivity contribution in [3.05, 3.63) is 80.3 Å². The Balaban J connectivity index is 2.18. The number of fused-ring (bicyclic) bond motifs is 1. The van der Waals surface area contributed by atoms with Gasteiger partial charge in [0.05, 0.1) is 10.5 Å². The number of hydrogen-bond donors (Lipinski definition) is 2. The molecule has 0 aliphatic heterocycles. The zero-order valence-corrected chi connectivity index (χ0v) is 16.6. The Kier molecular flexibility index (Phi) is 6.35. The van der Waals surface area contributed by atoms with E-state index in [-0.39, 0.29) is 35.0 Å². The Morgan fingerprint density at radius 2 is 2.03 bits per heavy atom. The van der Waals surface area contributed by atoms with Crippen molar-refractivity contribution in [2.24, 2.45) is 0 Å². The summed E-state index contributed by atoms with van der Waals surface area (Å²) in [5, 5.41) is 19.1. The molecule has 0 aliphatic rings. The van der Waals surface area contributed by atoms with Crippen molar-refractivity contribution in [3.63, 3.8) is 0 Å². The molecule has 2 aromatic carbocycles. The molecule has 0 saturated heterocycles. The van der Waals surface area contributed by atoms with Gasteiger partial charge in [0.2, 0.25) is 5.43 Å². The number of pyridine rings is 1. The first-order valence-corrected chi connectivity index (χ1v) is 9.70. The van der Waals surface area contributed by atoms with Crippen molar-refractivity contribution in [2.45, 2.75) is 32.2 Å². The number of hydrogen-bond acceptors (Lipinski definition) is 3. The maximum atomic E-state index is 14.3. The predicted octanol–water partition coefficient (Wildman–Crippen LogP) is 4.42. The molecule has 152 valence electrons. The van der Waals surface area contributed by atoms with Crippen LogP contribution < -0.4 is 5.43 Å². The van der Waals surface area contributed by atoms with Crippen LogP contribution in [0.5, 0.6) is 0 Å². The minimum absolute atomic E-state index is 0.0219. The second-order valence-electron chi connectivity index (χ2n) is 6.90. The van der Waals surface area contributed by atoms with E-state index in [0.29, 0.717) is 29.5 Å². The van der Waals surface area contributed by atoms with Crippen LogP contribution in [0, 0.1) is 5.82 Å². The molecule has 0 radical (unpaired) electrons. The van der Waals surface area contributed by atoms with E-state index in [2.05, 4.69) is 0 Å². The summed E-state index contributed by atoms with van der Waals surface area (Å²) in [5.74, 6) is -1.82. The standard InChI is InChI=1S/C22H21ClFNO4/c1-2-15(8-9-26)25-12-17(22(28)29)21(27)16-11-13(6-7-19(16)25)10-14-4-3-5-18(23)20(14)24/h3-7,11-12,15,26H,2,8-10H2,1H3,(H,28,29). The molecule has 1 heterocycles. The molecule has 0 amide bonds. The monoisotopic (exact) mass is 417 g/mol. The van der Waals surface area contributed by atoms with Crippen LogP contribution >= 0.6 is 11.6 Å². The van der Waals surface area contributed by atoms with Gasteiger partial charge in [0.1, 0.15) is 11.4 Å². The maximum absolute atomic E-state index is 14.3. The van der Waals surface area contributed by atoms with Gasteiger partial charge < -0.3 is 14.8 Å². The summed E-state index contributed by atoms with van der Waals surface area (Å²) in [6, 6.07) is 9.70. The highest BCUT2D eigenvalue weighted by molar-refractivity contribution is 6.30. The highest BCUT2D eigenvalue weighted by Gasteiger charge is 2.19. The number of carbonyl (C=O) groups is 1. The van der Waals surface area contributed by atoms with Crippen LogP contribution in [0.4, 0.5) is 4.39 Å². The van der Waals surface area contributed by atoms with Gasteiger partial charge in [-0.05, 0) is 42.2 Å². The lowest BCUT2D eigenvalue weighted by Crippen LogP contribution is -2.21. The van der Waals surface area contributed by atoms with Gasteiger partial charge in [-0.2, -0.15) is 0 Å². The fraction of sp³-hybridized carbons (Fsp3) is 0.273. The van der Waals surface area contributed by atoms with E-state index < -0.39 is 17.2 Å². The summed E-state index contributed by atoms with van der Waals surface area (Å²) >= 11 is 5.84. The second kappa shape index (κ2) is 8.76. The smallest absolute Gasteiger partial charge is 0.341 e. The van der Waals surface area contributed by atoms with Gasteiger partial charge in [0.15, 0.2) is 0 Å². The molecule has 0 aliphatic carbocycles. The average molecular weight is 418 g/mol. The lowest BCUT2D eigenvalue weighted by atomic mass is 10.0. The lowest BCUT2D eigenvalue weighted by molar-refractivity contribution is 0.0694. The van der Waals surface area contributed by atoms with Crippen molar-refractivity contribution < 1.29 is 19.4 Å². The van der Waals surface area contributed by atoms with E-state index in [1.165, 1.54) is 12.3 Å². The van der Waals surface area contributed by atoms with Gasteiger partial charge in [0, 0.05) is 30.7 Å². The molecule has 3 rings (SSSR count). The zero-order chi connectivity index (χ0) is 21.1. The van der Waals surface area contributed by atoms with Crippen molar-refractivity contribution in [3.8, 4) is 0 Å². The number of aromatic carboxylic acids is 1. The molecule has 1 unspecified atom stereocenters. The Bertz CT molecular complexity index is 1130. The van der Waals surface area contributed by atoms with Crippen LogP contribution in [-0.2, 0) is 6.42 Å². The third kappa shape index (κ3) is 4.18. The number of aliphatic hydroxyl groups excluding tert-OH is 1. The Labute approximate surface area is 172 Å². The second-order valence-corrected chi connectivity index (χ2v) is 7.31. The molecule has 7 heteroatoms. The normalized spacial score (nSPS) is 12.3. The highest BCUT2D eigenvalue weighted by Crippen LogP contribution is 2.25. The molecule has 0 bridgehead atoms. The van der Waals surface area contributed by atoms with Crippen LogP contribution in [0.1, 0.15) is 47.3 Å². The van der Waals surface area contributed by atoms with Crippen molar-refractivity contribution in [1.82, 2.24) is 4.57 Å². The largest absolute Gasteiger partial charge is 0.477 e. The van der Waals surface area contributed by atoms with Crippen molar-refractivity contribution in [2.75, 3.05) is 6.61 Å². The fourth-order valence-electron chi connectivity index (χ4n) is 3.56. The van der Waals surface area contributed by atoms with Crippen LogP contribution in [0.2, 0.25) is 5.02 Å². The number of benzene rings is 2. The Hall–Kier alpha value is -2.70. The number of carboxylic acid groups (broad SMARTS) is 1. The minimum Gasteiger partial charge on any atom is -0.477 e. The third-order valence-corrected chi connectivity index (χ3v) is 5.37. The molecule has 1 aromatic heterocycles. The Morgan fingerprint density at radius 1 is 1.28 bits per heavy atom. The lowest BCUT2D eigenvalue weighted by Gasteiger charge is -2.21. The molecule has 0 saturated carbocycles. The van der Waals surface area contributed by atoms with Crippen LogP contribution in [-0.4, -0.2) is 27.4 Å². The molecule has 0 fully saturated rings. The topological polar surface area (TPSA) is 79.5 Å². The van der Waals surface area contributed by atoms with Gasteiger partial charge in [0.25, 0.3) is 0 Å².